The van der Waals surface area contributed by atoms with E-state index in [1.54, 1.807) is 6.07 Å². The topological polar surface area (TPSA) is 66.4 Å². The molecule has 1 heterocycles. The molecule has 1 rings (SSSR count). The summed E-state index contributed by atoms with van der Waals surface area (Å²) in [5.41, 5.74) is 0.954. The Morgan fingerprint density at radius 3 is 2.52 bits per heavy atom. The molecule has 1 aromatic rings. The molecule has 8 heteroatoms. The van der Waals surface area contributed by atoms with Crippen molar-refractivity contribution >= 4 is 23.2 Å². The first-order chi connectivity index (χ1) is 9.64. The molecule has 0 saturated heterocycles. The summed E-state index contributed by atoms with van der Waals surface area (Å²) in [4.78, 5) is 23.8. The van der Waals surface area contributed by atoms with E-state index in [1.165, 1.54) is 0 Å². The average Bonchev–Trinajstić information content (AvgIpc) is 2.69. The van der Waals surface area contributed by atoms with E-state index in [9.17, 15) is 22.8 Å². The van der Waals surface area contributed by atoms with E-state index >= 15 is 0 Å². The van der Waals surface area contributed by atoms with Gasteiger partial charge in [0.25, 0.3) is 5.91 Å². The van der Waals surface area contributed by atoms with Crippen molar-refractivity contribution in [2.45, 2.75) is 45.3 Å². The summed E-state index contributed by atoms with van der Waals surface area (Å²) in [6.45, 7) is 3.79. The van der Waals surface area contributed by atoms with E-state index in [2.05, 4.69) is 0 Å². The minimum Gasteiger partial charge on any atom is -0.480 e. The number of hydrogen-bond donors (Lipinski definition) is 2. The first kappa shape index (κ1) is 17.5. The van der Waals surface area contributed by atoms with E-state index in [4.69, 9.17) is 5.11 Å². The van der Waals surface area contributed by atoms with Gasteiger partial charge in [-0.15, -0.1) is 11.3 Å². The number of rotatable bonds is 6. The predicted octanol–water partition coefficient (Wildman–Crippen LogP) is 3.14. The Morgan fingerprint density at radius 1 is 1.43 bits per heavy atom. The SMILES string of the molecule is CCCc1cc(C(=O)NC(CC(F)(F)F)C(=O)O)sc1C. The summed E-state index contributed by atoms with van der Waals surface area (Å²) < 4.78 is 36.8. The van der Waals surface area contributed by atoms with Crippen LogP contribution in [0.1, 0.15) is 39.9 Å². The van der Waals surface area contributed by atoms with Crippen molar-refractivity contribution in [2.24, 2.45) is 0 Å². The summed E-state index contributed by atoms with van der Waals surface area (Å²) in [6.07, 6.45) is -4.61. The van der Waals surface area contributed by atoms with Crippen LogP contribution in [0, 0.1) is 6.92 Å². The van der Waals surface area contributed by atoms with Gasteiger partial charge in [0.2, 0.25) is 0 Å². The molecule has 1 unspecified atom stereocenters. The Bertz CT molecular complexity index is 525. The summed E-state index contributed by atoms with van der Waals surface area (Å²) in [6, 6.07) is -0.375. The lowest BCUT2D eigenvalue weighted by Gasteiger charge is -2.15. The fourth-order valence-electron chi connectivity index (χ4n) is 1.81. The van der Waals surface area contributed by atoms with Crippen LogP contribution >= 0.6 is 11.3 Å². The predicted molar refractivity (Wildman–Crippen MR) is 72.6 cm³/mol. The molecular weight excluding hydrogens is 307 g/mol. The van der Waals surface area contributed by atoms with Crippen LogP contribution in [0.3, 0.4) is 0 Å². The Hall–Kier alpha value is -1.57. The second-order valence-electron chi connectivity index (χ2n) is 4.63. The number of carbonyl (C=O) groups is 2. The van der Waals surface area contributed by atoms with Crippen molar-refractivity contribution in [3.05, 3.63) is 21.4 Å². The lowest BCUT2D eigenvalue weighted by atomic mass is 10.1. The molecule has 2 N–H and O–H groups in total. The lowest BCUT2D eigenvalue weighted by molar-refractivity contribution is -0.157. The van der Waals surface area contributed by atoms with Crippen molar-refractivity contribution in [2.75, 3.05) is 0 Å². The highest BCUT2D eigenvalue weighted by molar-refractivity contribution is 7.14. The maximum absolute atomic E-state index is 12.3. The molecule has 0 aliphatic rings. The molecule has 4 nitrogen and oxygen atoms in total. The third-order valence-electron chi connectivity index (χ3n) is 2.80. The Kier molecular flexibility index (Phi) is 5.77. The number of carboxylic acids is 1. The van der Waals surface area contributed by atoms with Crippen LogP contribution < -0.4 is 5.32 Å². The molecule has 1 aromatic heterocycles. The fraction of sp³-hybridized carbons (Fsp3) is 0.538. The van der Waals surface area contributed by atoms with Crippen molar-refractivity contribution in [3.8, 4) is 0 Å². The minimum atomic E-state index is -4.66. The number of thiophene rings is 1. The molecule has 0 aliphatic carbocycles. The zero-order chi connectivity index (χ0) is 16.2. The van der Waals surface area contributed by atoms with Gasteiger partial charge in [0.1, 0.15) is 6.04 Å². The number of carbonyl (C=O) groups excluding carboxylic acids is 1. The first-order valence-corrected chi connectivity index (χ1v) is 7.15. The number of aryl methyl sites for hydroxylation is 2. The molecule has 0 radical (unpaired) electrons. The van der Waals surface area contributed by atoms with Crippen LogP contribution in [0.2, 0.25) is 0 Å². The third-order valence-corrected chi connectivity index (χ3v) is 3.89. The standard InChI is InChI=1S/C13H16F3NO3S/c1-3-4-8-5-10(21-7(8)2)11(18)17-9(12(19)20)6-13(14,15)16/h5,9H,3-4,6H2,1-2H3,(H,17,18)(H,19,20). The second-order valence-corrected chi connectivity index (χ2v) is 5.88. The van der Waals surface area contributed by atoms with E-state index in [0.29, 0.717) is 0 Å². The summed E-state index contributed by atoms with van der Waals surface area (Å²) in [5.74, 6) is -2.50. The van der Waals surface area contributed by atoms with Crippen LogP contribution in [0.15, 0.2) is 6.07 Å². The first-order valence-electron chi connectivity index (χ1n) is 6.33. The molecule has 0 spiro atoms. The van der Waals surface area contributed by atoms with E-state index in [1.807, 2.05) is 19.2 Å². The summed E-state index contributed by atoms with van der Waals surface area (Å²) in [5, 5.41) is 10.7. The normalized spacial score (nSPS) is 13.0. The number of amides is 1. The average molecular weight is 323 g/mol. The molecule has 118 valence electrons. The zero-order valence-corrected chi connectivity index (χ0v) is 12.4. The fourth-order valence-corrected chi connectivity index (χ4v) is 2.78. The van der Waals surface area contributed by atoms with Crippen molar-refractivity contribution in [1.29, 1.82) is 0 Å². The minimum absolute atomic E-state index is 0.226. The Morgan fingerprint density at radius 2 is 2.05 bits per heavy atom. The number of halogens is 3. The van der Waals surface area contributed by atoms with Gasteiger partial charge in [-0.3, -0.25) is 4.79 Å². The van der Waals surface area contributed by atoms with Crippen LogP contribution in [0.25, 0.3) is 0 Å². The van der Waals surface area contributed by atoms with Gasteiger partial charge in [-0.05, 0) is 25.0 Å². The van der Waals surface area contributed by atoms with Gasteiger partial charge in [-0.25, -0.2) is 4.79 Å². The molecule has 1 amide bonds. The zero-order valence-electron chi connectivity index (χ0n) is 11.6. The highest BCUT2D eigenvalue weighted by Crippen LogP contribution is 2.24. The van der Waals surface area contributed by atoms with Crippen LogP contribution in [0.4, 0.5) is 13.2 Å². The lowest BCUT2D eigenvalue weighted by Crippen LogP contribution is -2.43. The molecule has 0 saturated carbocycles. The number of hydrogen-bond acceptors (Lipinski definition) is 3. The van der Waals surface area contributed by atoms with Crippen LogP contribution in [-0.2, 0) is 11.2 Å². The molecule has 0 bridgehead atoms. The Labute approximate surface area is 124 Å². The molecule has 0 fully saturated rings. The van der Waals surface area contributed by atoms with Gasteiger partial charge in [0.05, 0.1) is 11.3 Å². The van der Waals surface area contributed by atoms with Gasteiger partial charge in [0, 0.05) is 4.88 Å². The highest BCUT2D eigenvalue weighted by atomic mass is 32.1. The number of nitrogens with one attached hydrogen (secondary N) is 1. The van der Waals surface area contributed by atoms with Crippen molar-refractivity contribution in [3.63, 3.8) is 0 Å². The largest absolute Gasteiger partial charge is 0.480 e. The number of aliphatic carboxylic acids is 1. The van der Waals surface area contributed by atoms with Crippen molar-refractivity contribution in [1.82, 2.24) is 5.32 Å². The van der Waals surface area contributed by atoms with Crippen LogP contribution in [-0.4, -0.2) is 29.2 Å². The molecule has 0 aromatic carbocycles. The molecule has 1 atom stereocenters. The monoisotopic (exact) mass is 323 g/mol. The number of alkyl halides is 3. The quantitative estimate of drug-likeness (QED) is 0.845. The maximum Gasteiger partial charge on any atom is 0.391 e. The van der Waals surface area contributed by atoms with Gasteiger partial charge >= 0.3 is 12.1 Å². The van der Waals surface area contributed by atoms with Gasteiger partial charge in [0.15, 0.2) is 0 Å². The van der Waals surface area contributed by atoms with Crippen molar-refractivity contribution < 1.29 is 27.9 Å². The molecule has 21 heavy (non-hydrogen) atoms. The smallest absolute Gasteiger partial charge is 0.391 e. The summed E-state index contributed by atoms with van der Waals surface area (Å²) in [7, 11) is 0. The van der Waals surface area contributed by atoms with Gasteiger partial charge < -0.3 is 10.4 Å². The second kappa shape index (κ2) is 6.93. The van der Waals surface area contributed by atoms with E-state index in [0.717, 1.165) is 34.6 Å². The Balaban J connectivity index is 2.82. The molecular formula is C13H16F3NO3S. The molecule has 0 aliphatic heterocycles. The third kappa shape index (κ3) is 5.37. The maximum atomic E-state index is 12.3. The van der Waals surface area contributed by atoms with Gasteiger partial charge in [-0.2, -0.15) is 13.2 Å². The number of carboxylic acid groups (broad SMARTS) is 1. The summed E-state index contributed by atoms with van der Waals surface area (Å²) >= 11 is 1.15. The highest BCUT2D eigenvalue weighted by Gasteiger charge is 2.36. The van der Waals surface area contributed by atoms with E-state index in [-0.39, 0.29) is 4.88 Å². The van der Waals surface area contributed by atoms with Crippen LogP contribution in [0.5, 0.6) is 0 Å². The van der Waals surface area contributed by atoms with E-state index < -0.39 is 30.5 Å². The van der Waals surface area contributed by atoms with Gasteiger partial charge in [-0.1, -0.05) is 13.3 Å².